The summed E-state index contributed by atoms with van der Waals surface area (Å²) in [6.07, 6.45) is 0. The van der Waals surface area contributed by atoms with Gasteiger partial charge in [-0.2, -0.15) is 5.10 Å². The van der Waals surface area contributed by atoms with Gasteiger partial charge in [0.15, 0.2) is 0 Å². The molecule has 0 aliphatic heterocycles. The molecule has 20 heavy (non-hydrogen) atoms. The number of aromatic nitrogens is 2. The van der Waals surface area contributed by atoms with E-state index in [1.54, 1.807) is 0 Å². The quantitative estimate of drug-likeness (QED) is 0.832. The largest absolute Gasteiger partial charge is 0.487 e. The Morgan fingerprint density at radius 3 is 2.45 bits per heavy atom. The van der Waals surface area contributed by atoms with Crippen LogP contribution in [0.25, 0.3) is 0 Å². The highest BCUT2D eigenvalue weighted by Gasteiger charge is 2.19. The Bertz CT molecular complexity index is 611. The molecule has 0 unspecified atom stereocenters. The van der Waals surface area contributed by atoms with E-state index in [2.05, 4.69) is 53.9 Å². The molecule has 0 atom stereocenters. The van der Waals surface area contributed by atoms with Crippen LogP contribution in [0.3, 0.4) is 0 Å². The lowest BCUT2D eigenvalue weighted by molar-refractivity contribution is 0.286. The fourth-order valence-corrected chi connectivity index (χ4v) is 2.65. The Hall–Kier alpha value is -1.29. The zero-order valence-corrected chi connectivity index (χ0v) is 14.3. The van der Waals surface area contributed by atoms with Crippen LogP contribution in [-0.2, 0) is 19.1 Å². The second kappa shape index (κ2) is 5.60. The van der Waals surface area contributed by atoms with Gasteiger partial charge in [0.05, 0.1) is 15.9 Å². The van der Waals surface area contributed by atoms with Gasteiger partial charge in [0.25, 0.3) is 0 Å². The van der Waals surface area contributed by atoms with Crippen LogP contribution in [0.1, 0.15) is 37.7 Å². The zero-order valence-electron chi connectivity index (χ0n) is 12.7. The number of nitrogens with zero attached hydrogens (tertiary/aromatic N) is 2. The lowest BCUT2D eigenvalue weighted by Crippen LogP contribution is -2.14. The molecule has 0 radical (unpaired) electrons. The highest BCUT2D eigenvalue weighted by molar-refractivity contribution is 9.10. The predicted molar refractivity (Wildman–Crippen MR) is 85.1 cm³/mol. The van der Waals surface area contributed by atoms with E-state index in [0.717, 1.165) is 21.6 Å². The molecule has 4 heteroatoms. The molecule has 0 amide bonds. The maximum Gasteiger partial charge on any atom is 0.131 e. The average Bonchev–Trinajstić information content (AvgIpc) is 2.60. The van der Waals surface area contributed by atoms with Crippen molar-refractivity contribution in [3.8, 4) is 5.75 Å². The lowest BCUT2D eigenvalue weighted by atomic mass is 9.86. The van der Waals surface area contributed by atoms with E-state index in [1.165, 1.54) is 5.56 Å². The van der Waals surface area contributed by atoms with Crippen LogP contribution in [0, 0.1) is 6.92 Å². The minimum absolute atomic E-state index is 0.0657. The third-order valence-corrected chi connectivity index (χ3v) is 4.35. The first-order valence-electron chi connectivity index (χ1n) is 6.71. The van der Waals surface area contributed by atoms with Crippen LogP contribution >= 0.6 is 15.9 Å². The van der Waals surface area contributed by atoms with Crippen molar-refractivity contribution in [1.29, 1.82) is 0 Å². The first-order chi connectivity index (χ1) is 9.30. The first-order valence-corrected chi connectivity index (χ1v) is 7.50. The third kappa shape index (κ3) is 3.06. The van der Waals surface area contributed by atoms with Crippen LogP contribution in [0.4, 0.5) is 0 Å². The molecule has 0 N–H and O–H groups in total. The van der Waals surface area contributed by atoms with E-state index in [4.69, 9.17) is 4.74 Å². The Morgan fingerprint density at radius 2 is 1.90 bits per heavy atom. The van der Waals surface area contributed by atoms with Crippen molar-refractivity contribution in [2.45, 2.75) is 39.7 Å². The number of hydrogen-bond donors (Lipinski definition) is 0. The summed E-state index contributed by atoms with van der Waals surface area (Å²) in [5, 5.41) is 4.38. The Kier molecular flexibility index (Phi) is 4.23. The number of hydrogen-bond acceptors (Lipinski definition) is 2. The molecule has 0 aliphatic rings. The molecule has 0 aliphatic carbocycles. The molecular weight excluding hydrogens is 316 g/mol. The maximum atomic E-state index is 6.03. The van der Waals surface area contributed by atoms with E-state index in [-0.39, 0.29) is 5.41 Å². The highest BCUT2D eigenvalue weighted by Crippen LogP contribution is 2.32. The normalized spacial score (nSPS) is 11.7. The van der Waals surface area contributed by atoms with Gasteiger partial charge in [0, 0.05) is 7.05 Å². The van der Waals surface area contributed by atoms with Crippen molar-refractivity contribution in [3.63, 3.8) is 0 Å². The molecule has 0 spiro atoms. The summed E-state index contributed by atoms with van der Waals surface area (Å²) < 4.78 is 8.92. The molecule has 2 aromatic rings. The molecule has 108 valence electrons. The van der Waals surface area contributed by atoms with Gasteiger partial charge in [-0.05, 0) is 39.9 Å². The molecule has 0 bridgehead atoms. The van der Waals surface area contributed by atoms with Gasteiger partial charge in [-0.25, -0.2) is 0 Å². The van der Waals surface area contributed by atoms with Crippen molar-refractivity contribution in [2.24, 2.45) is 7.05 Å². The topological polar surface area (TPSA) is 27.1 Å². The van der Waals surface area contributed by atoms with Crippen LogP contribution in [0.15, 0.2) is 28.7 Å². The summed E-state index contributed by atoms with van der Waals surface area (Å²) in [5.41, 5.74) is 3.31. The van der Waals surface area contributed by atoms with Crippen LogP contribution in [0.5, 0.6) is 5.75 Å². The summed E-state index contributed by atoms with van der Waals surface area (Å²) >= 11 is 3.57. The van der Waals surface area contributed by atoms with Crippen LogP contribution < -0.4 is 4.74 Å². The SMILES string of the molecule is Cc1nn(C)c(COc2ccccc2C(C)(C)C)c1Br. The Labute approximate surface area is 129 Å². The van der Waals surface area contributed by atoms with E-state index in [9.17, 15) is 0 Å². The summed E-state index contributed by atoms with van der Waals surface area (Å²) in [6.45, 7) is 9.07. The zero-order chi connectivity index (χ0) is 14.9. The van der Waals surface area contributed by atoms with Crippen molar-refractivity contribution < 1.29 is 4.74 Å². The van der Waals surface area contributed by atoms with E-state index < -0.39 is 0 Å². The monoisotopic (exact) mass is 336 g/mol. The molecule has 2 rings (SSSR count). The highest BCUT2D eigenvalue weighted by atomic mass is 79.9. The Morgan fingerprint density at radius 1 is 1.25 bits per heavy atom. The molecule has 1 aromatic carbocycles. The Balaban J connectivity index is 2.24. The first kappa shape index (κ1) is 15.1. The number of rotatable bonds is 3. The molecule has 0 saturated heterocycles. The van der Waals surface area contributed by atoms with E-state index >= 15 is 0 Å². The molecule has 1 heterocycles. The number of halogens is 1. The van der Waals surface area contributed by atoms with Gasteiger partial charge in [-0.15, -0.1) is 0 Å². The minimum atomic E-state index is 0.0657. The fourth-order valence-electron chi connectivity index (χ4n) is 2.20. The van der Waals surface area contributed by atoms with Gasteiger partial charge >= 0.3 is 0 Å². The van der Waals surface area contributed by atoms with Gasteiger partial charge in [0.2, 0.25) is 0 Å². The van der Waals surface area contributed by atoms with Crippen molar-refractivity contribution in [1.82, 2.24) is 9.78 Å². The average molecular weight is 337 g/mol. The van der Waals surface area contributed by atoms with E-state index in [0.29, 0.717) is 6.61 Å². The number of para-hydroxylation sites is 1. The number of aryl methyl sites for hydroxylation is 2. The standard InChI is InChI=1S/C16H21BrN2O/c1-11-15(17)13(19(5)18-11)10-20-14-9-7-6-8-12(14)16(2,3)4/h6-9H,10H2,1-5H3. The summed E-state index contributed by atoms with van der Waals surface area (Å²) in [6, 6.07) is 8.21. The van der Waals surface area contributed by atoms with Crippen LogP contribution in [0.2, 0.25) is 0 Å². The van der Waals surface area contributed by atoms with Crippen molar-refractivity contribution >= 4 is 15.9 Å². The molecule has 1 aromatic heterocycles. The molecular formula is C16H21BrN2O. The minimum Gasteiger partial charge on any atom is -0.487 e. The summed E-state index contributed by atoms with van der Waals surface area (Å²) in [5.74, 6) is 0.936. The van der Waals surface area contributed by atoms with Crippen molar-refractivity contribution in [2.75, 3.05) is 0 Å². The second-order valence-corrected chi connectivity index (χ2v) is 6.80. The molecule has 3 nitrogen and oxygen atoms in total. The maximum absolute atomic E-state index is 6.03. The second-order valence-electron chi connectivity index (χ2n) is 6.00. The summed E-state index contributed by atoms with van der Waals surface area (Å²) in [7, 11) is 1.94. The van der Waals surface area contributed by atoms with Gasteiger partial charge in [-0.3, -0.25) is 4.68 Å². The predicted octanol–water partition coefficient (Wildman–Crippen LogP) is 4.37. The summed E-state index contributed by atoms with van der Waals surface area (Å²) in [4.78, 5) is 0. The van der Waals surface area contributed by atoms with Gasteiger partial charge < -0.3 is 4.74 Å². The molecule has 0 fully saturated rings. The number of ether oxygens (including phenoxy) is 1. The fraction of sp³-hybridized carbons (Fsp3) is 0.438. The van der Waals surface area contributed by atoms with Crippen molar-refractivity contribution in [3.05, 3.63) is 45.7 Å². The smallest absolute Gasteiger partial charge is 0.131 e. The van der Waals surface area contributed by atoms with E-state index in [1.807, 2.05) is 30.8 Å². The van der Waals surface area contributed by atoms with Gasteiger partial charge in [-0.1, -0.05) is 39.0 Å². The van der Waals surface area contributed by atoms with Gasteiger partial charge in [0.1, 0.15) is 12.4 Å². The molecule has 0 saturated carbocycles. The van der Waals surface area contributed by atoms with Crippen LogP contribution in [-0.4, -0.2) is 9.78 Å². The lowest BCUT2D eigenvalue weighted by Gasteiger charge is -2.22. The number of benzene rings is 1. The third-order valence-electron chi connectivity index (χ3n) is 3.32.